The molecule has 0 saturated carbocycles. The summed E-state index contributed by atoms with van der Waals surface area (Å²) in [5.41, 5.74) is 7.94. The van der Waals surface area contributed by atoms with Crippen molar-refractivity contribution in [1.82, 2.24) is 5.32 Å². The highest BCUT2D eigenvalue weighted by Gasteiger charge is 2.17. The summed E-state index contributed by atoms with van der Waals surface area (Å²) in [4.78, 5) is 10.8. The number of nitrogens with one attached hydrogen (secondary N) is 1. The van der Waals surface area contributed by atoms with E-state index in [0.717, 1.165) is 11.1 Å². The van der Waals surface area contributed by atoms with Crippen LogP contribution < -0.4 is 11.1 Å². The summed E-state index contributed by atoms with van der Waals surface area (Å²) in [7, 11) is 1.61. The van der Waals surface area contributed by atoms with Crippen LogP contribution in [0.5, 0.6) is 0 Å². The van der Waals surface area contributed by atoms with Crippen molar-refractivity contribution in [2.45, 2.75) is 12.5 Å². The Morgan fingerprint density at radius 3 is 2.69 bits per heavy atom. The van der Waals surface area contributed by atoms with E-state index in [2.05, 4.69) is 11.9 Å². The van der Waals surface area contributed by atoms with Gasteiger partial charge in [-0.15, -0.1) is 0 Å². The molecule has 0 bridgehead atoms. The van der Waals surface area contributed by atoms with Gasteiger partial charge in [0.1, 0.15) is 6.04 Å². The van der Waals surface area contributed by atoms with Crippen molar-refractivity contribution in [2.24, 2.45) is 0 Å². The first-order chi connectivity index (χ1) is 7.56. The number of carboxylic acids is 1. The lowest BCUT2D eigenvalue weighted by Gasteiger charge is -2.14. The summed E-state index contributed by atoms with van der Waals surface area (Å²) in [6, 6.07) is 6.67. The largest absolute Gasteiger partial charge is 0.480 e. The maximum absolute atomic E-state index is 10.8. The normalized spacial score (nSPS) is 12.1. The van der Waals surface area contributed by atoms with E-state index < -0.39 is 12.0 Å². The molecule has 16 heavy (non-hydrogen) atoms. The van der Waals surface area contributed by atoms with Gasteiger partial charge < -0.3 is 16.2 Å². The second-order valence-electron chi connectivity index (χ2n) is 3.57. The minimum atomic E-state index is -0.891. The van der Waals surface area contributed by atoms with Gasteiger partial charge in [0.25, 0.3) is 0 Å². The Labute approximate surface area is 94.8 Å². The third kappa shape index (κ3) is 2.84. The molecule has 86 valence electrons. The molecular formula is C12H16N2O2. The second-order valence-corrected chi connectivity index (χ2v) is 3.57. The van der Waals surface area contributed by atoms with Gasteiger partial charge in [0.2, 0.25) is 0 Å². The van der Waals surface area contributed by atoms with Crippen LogP contribution in [-0.4, -0.2) is 24.2 Å². The van der Waals surface area contributed by atoms with Crippen LogP contribution in [0.4, 0.5) is 5.69 Å². The molecule has 1 rings (SSSR count). The average molecular weight is 220 g/mol. The molecule has 0 amide bonds. The fourth-order valence-corrected chi connectivity index (χ4v) is 1.49. The number of nitrogen functional groups attached to an aromatic ring is 1. The van der Waals surface area contributed by atoms with Gasteiger partial charge >= 0.3 is 5.97 Å². The Morgan fingerprint density at radius 1 is 1.56 bits per heavy atom. The first kappa shape index (κ1) is 12.3. The maximum atomic E-state index is 10.8. The van der Waals surface area contributed by atoms with E-state index in [9.17, 15) is 4.79 Å². The fourth-order valence-electron chi connectivity index (χ4n) is 1.49. The molecule has 0 heterocycles. The van der Waals surface area contributed by atoms with Crippen LogP contribution in [-0.2, 0) is 4.79 Å². The molecule has 0 radical (unpaired) electrons. The Bertz CT molecular complexity index is 402. The number of para-hydroxylation sites is 1. The van der Waals surface area contributed by atoms with E-state index in [1.165, 1.54) is 0 Å². The van der Waals surface area contributed by atoms with E-state index in [1.54, 1.807) is 13.1 Å². The summed E-state index contributed by atoms with van der Waals surface area (Å²) in [5, 5.41) is 11.6. The number of carboxylic acid groups (broad SMARTS) is 1. The highest BCUT2D eigenvalue weighted by Crippen LogP contribution is 2.23. The molecule has 0 spiro atoms. The molecule has 0 aromatic heterocycles. The summed E-state index contributed by atoms with van der Waals surface area (Å²) in [6.45, 7) is 3.87. The lowest BCUT2D eigenvalue weighted by atomic mass is 9.99. The number of aliphatic carboxylic acids is 1. The third-order valence-corrected chi connectivity index (χ3v) is 2.44. The Morgan fingerprint density at radius 2 is 2.19 bits per heavy atom. The summed E-state index contributed by atoms with van der Waals surface area (Å²) < 4.78 is 0. The molecule has 1 aromatic rings. The number of carbonyl (C=O) groups is 1. The average Bonchev–Trinajstić information content (AvgIpc) is 2.25. The first-order valence-corrected chi connectivity index (χ1v) is 4.99. The van der Waals surface area contributed by atoms with Crippen LogP contribution >= 0.6 is 0 Å². The van der Waals surface area contributed by atoms with Crippen molar-refractivity contribution in [1.29, 1.82) is 0 Å². The number of hydrogen-bond donors (Lipinski definition) is 3. The van der Waals surface area contributed by atoms with Crippen molar-refractivity contribution >= 4 is 17.2 Å². The zero-order valence-electron chi connectivity index (χ0n) is 9.23. The molecule has 1 unspecified atom stereocenters. The highest BCUT2D eigenvalue weighted by atomic mass is 16.4. The molecule has 1 atom stereocenters. The molecule has 1 aromatic carbocycles. The fraction of sp³-hybridized carbons (Fsp3) is 0.250. The van der Waals surface area contributed by atoms with Crippen LogP contribution in [0.2, 0.25) is 0 Å². The standard InChI is InChI=1S/C12H16N2O2/c1-8(7-11(14-2)12(15)16)9-5-3-4-6-10(9)13/h3-6,11,14H,1,7,13H2,2H3,(H,15,16). The lowest BCUT2D eigenvalue weighted by molar-refractivity contribution is -0.139. The number of likely N-dealkylation sites (N-methyl/N-ethyl adjacent to an activating group) is 1. The van der Waals surface area contributed by atoms with Crippen molar-refractivity contribution in [2.75, 3.05) is 12.8 Å². The predicted molar refractivity (Wildman–Crippen MR) is 65.0 cm³/mol. The van der Waals surface area contributed by atoms with Gasteiger partial charge in [0.15, 0.2) is 0 Å². The Hall–Kier alpha value is -1.81. The second kappa shape index (κ2) is 5.32. The van der Waals surface area contributed by atoms with Crippen LogP contribution in [0.25, 0.3) is 5.57 Å². The smallest absolute Gasteiger partial charge is 0.321 e. The quantitative estimate of drug-likeness (QED) is 0.655. The number of rotatable bonds is 5. The molecule has 0 aliphatic rings. The van der Waals surface area contributed by atoms with Crippen molar-refractivity contribution < 1.29 is 9.90 Å². The molecule has 0 saturated heterocycles. The molecule has 0 fully saturated rings. The minimum absolute atomic E-state index is 0.333. The van der Waals surface area contributed by atoms with Gasteiger partial charge in [0, 0.05) is 11.3 Å². The van der Waals surface area contributed by atoms with E-state index in [0.29, 0.717) is 12.1 Å². The van der Waals surface area contributed by atoms with Crippen molar-refractivity contribution in [3.05, 3.63) is 36.4 Å². The van der Waals surface area contributed by atoms with E-state index in [-0.39, 0.29) is 0 Å². The van der Waals surface area contributed by atoms with Crippen molar-refractivity contribution in [3.8, 4) is 0 Å². The van der Waals surface area contributed by atoms with Gasteiger partial charge in [0.05, 0.1) is 0 Å². The van der Waals surface area contributed by atoms with Crippen LogP contribution in [0.3, 0.4) is 0 Å². The van der Waals surface area contributed by atoms with Crippen LogP contribution in [0.1, 0.15) is 12.0 Å². The lowest BCUT2D eigenvalue weighted by Crippen LogP contribution is -2.33. The predicted octanol–water partition coefficient (Wildman–Crippen LogP) is 1.34. The summed E-state index contributed by atoms with van der Waals surface area (Å²) in [5.74, 6) is -0.891. The third-order valence-electron chi connectivity index (χ3n) is 2.44. The Balaban J connectivity index is 2.80. The van der Waals surface area contributed by atoms with E-state index in [1.807, 2.05) is 18.2 Å². The number of hydrogen-bond acceptors (Lipinski definition) is 3. The molecule has 0 aliphatic heterocycles. The van der Waals surface area contributed by atoms with Crippen molar-refractivity contribution in [3.63, 3.8) is 0 Å². The highest BCUT2D eigenvalue weighted by molar-refractivity contribution is 5.80. The molecule has 4 nitrogen and oxygen atoms in total. The zero-order valence-corrected chi connectivity index (χ0v) is 9.23. The maximum Gasteiger partial charge on any atom is 0.321 e. The van der Waals surface area contributed by atoms with E-state index in [4.69, 9.17) is 10.8 Å². The topological polar surface area (TPSA) is 75.3 Å². The zero-order chi connectivity index (χ0) is 12.1. The number of nitrogens with two attached hydrogens (primary N) is 1. The van der Waals surface area contributed by atoms with Gasteiger partial charge in [-0.25, -0.2) is 0 Å². The first-order valence-electron chi connectivity index (χ1n) is 4.99. The SMILES string of the molecule is C=C(CC(NC)C(=O)O)c1ccccc1N. The monoisotopic (exact) mass is 220 g/mol. The number of anilines is 1. The molecule has 4 N–H and O–H groups in total. The molecule has 0 aliphatic carbocycles. The Kier molecular flexibility index (Phi) is 4.08. The van der Waals surface area contributed by atoms with Crippen LogP contribution in [0.15, 0.2) is 30.8 Å². The molecule has 4 heteroatoms. The minimum Gasteiger partial charge on any atom is -0.480 e. The number of benzene rings is 1. The van der Waals surface area contributed by atoms with Gasteiger partial charge in [-0.1, -0.05) is 24.8 Å². The van der Waals surface area contributed by atoms with E-state index >= 15 is 0 Å². The van der Waals surface area contributed by atoms with Gasteiger partial charge in [-0.05, 0) is 25.1 Å². The summed E-state index contributed by atoms with van der Waals surface area (Å²) >= 11 is 0. The molecular weight excluding hydrogens is 204 g/mol. The van der Waals surface area contributed by atoms with Gasteiger partial charge in [-0.3, -0.25) is 4.79 Å². The summed E-state index contributed by atoms with van der Waals surface area (Å²) in [6.07, 6.45) is 0.333. The van der Waals surface area contributed by atoms with Crippen LogP contribution in [0, 0.1) is 0 Å². The van der Waals surface area contributed by atoms with Gasteiger partial charge in [-0.2, -0.15) is 0 Å².